The van der Waals surface area contributed by atoms with Gasteiger partial charge in [0.2, 0.25) is 5.82 Å². The van der Waals surface area contributed by atoms with Gasteiger partial charge in [-0.25, -0.2) is 9.67 Å². The average molecular weight is 438 g/mol. The van der Waals surface area contributed by atoms with E-state index in [1.165, 1.54) is 18.2 Å². The number of primary amides is 1. The molecule has 4 aromatic rings. The number of aliphatic hydroxyl groups is 1. The fourth-order valence-electron chi connectivity index (χ4n) is 3.58. The molecule has 0 unspecified atom stereocenters. The highest BCUT2D eigenvalue weighted by molar-refractivity contribution is 5.95. The molecule has 1 heterocycles. The molecule has 32 heavy (non-hydrogen) atoms. The largest absolute Gasteiger partial charge is 0.417 e. The molecule has 1 amide bonds. The van der Waals surface area contributed by atoms with Gasteiger partial charge in [0.25, 0.3) is 5.91 Å². The quantitative estimate of drug-likeness (QED) is 0.485. The Morgan fingerprint density at radius 2 is 1.53 bits per heavy atom. The third kappa shape index (κ3) is 3.85. The summed E-state index contributed by atoms with van der Waals surface area (Å²) in [6, 6.07) is 19.1. The second-order valence-corrected chi connectivity index (χ2v) is 6.90. The fourth-order valence-corrected chi connectivity index (χ4v) is 3.58. The molecule has 9 heteroatoms. The smallest absolute Gasteiger partial charge is 0.374 e. The van der Waals surface area contributed by atoms with Gasteiger partial charge in [-0.05, 0) is 22.8 Å². The molecule has 0 fully saturated rings. The number of rotatable bonds is 5. The molecule has 0 aliphatic rings. The summed E-state index contributed by atoms with van der Waals surface area (Å²) in [5, 5.41) is 13.6. The van der Waals surface area contributed by atoms with E-state index in [1.807, 2.05) is 0 Å². The van der Waals surface area contributed by atoms with E-state index in [-0.39, 0.29) is 28.3 Å². The third-order valence-corrected chi connectivity index (χ3v) is 4.92. The Balaban J connectivity index is 2.10. The minimum atomic E-state index is -4.61. The van der Waals surface area contributed by atoms with E-state index in [2.05, 4.69) is 10.1 Å². The van der Waals surface area contributed by atoms with Crippen molar-refractivity contribution in [1.29, 1.82) is 0 Å². The zero-order valence-electron chi connectivity index (χ0n) is 16.5. The van der Waals surface area contributed by atoms with Gasteiger partial charge in [-0.2, -0.15) is 13.2 Å². The van der Waals surface area contributed by atoms with E-state index >= 15 is 0 Å². The van der Waals surface area contributed by atoms with E-state index in [9.17, 15) is 23.1 Å². The number of hydrogen-bond donors (Lipinski definition) is 2. The van der Waals surface area contributed by atoms with E-state index in [4.69, 9.17) is 5.73 Å². The molecule has 0 spiro atoms. The van der Waals surface area contributed by atoms with Crippen LogP contribution in [0.2, 0.25) is 0 Å². The van der Waals surface area contributed by atoms with Crippen molar-refractivity contribution in [2.45, 2.75) is 12.9 Å². The van der Waals surface area contributed by atoms with Crippen LogP contribution in [-0.2, 0) is 12.9 Å². The highest BCUT2D eigenvalue weighted by Gasteiger charge is 2.35. The minimum Gasteiger partial charge on any atom is -0.374 e. The van der Waals surface area contributed by atoms with Gasteiger partial charge in [-0.15, -0.1) is 5.10 Å². The molecule has 6 nitrogen and oxygen atoms in total. The number of benzene rings is 3. The van der Waals surface area contributed by atoms with Crippen LogP contribution < -0.4 is 5.73 Å². The lowest BCUT2D eigenvalue weighted by Gasteiger charge is -2.19. The molecule has 0 saturated carbocycles. The molecular weight excluding hydrogens is 421 g/mol. The summed E-state index contributed by atoms with van der Waals surface area (Å²) in [6.07, 6.45) is -4.61. The van der Waals surface area contributed by atoms with Crippen molar-refractivity contribution in [3.63, 3.8) is 0 Å². The summed E-state index contributed by atoms with van der Waals surface area (Å²) in [5.74, 6) is -1.25. The maximum Gasteiger partial charge on any atom is 0.417 e. The highest BCUT2D eigenvalue weighted by Crippen LogP contribution is 2.44. The van der Waals surface area contributed by atoms with Crippen molar-refractivity contribution in [2.24, 2.45) is 5.73 Å². The van der Waals surface area contributed by atoms with Gasteiger partial charge >= 0.3 is 6.18 Å². The summed E-state index contributed by atoms with van der Waals surface area (Å²) in [4.78, 5) is 15.7. The van der Waals surface area contributed by atoms with Gasteiger partial charge in [0, 0.05) is 11.1 Å². The van der Waals surface area contributed by atoms with Crippen LogP contribution in [0.3, 0.4) is 0 Å². The Hall–Kier alpha value is -3.98. The highest BCUT2D eigenvalue weighted by atomic mass is 19.4. The van der Waals surface area contributed by atoms with Crippen LogP contribution in [-0.4, -0.2) is 25.8 Å². The van der Waals surface area contributed by atoms with Crippen LogP contribution in [0.25, 0.3) is 33.6 Å². The first kappa shape index (κ1) is 21.3. The molecule has 4 rings (SSSR count). The molecule has 0 atom stereocenters. The molecule has 3 aromatic carbocycles. The van der Waals surface area contributed by atoms with Crippen molar-refractivity contribution in [2.75, 3.05) is 0 Å². The summed E-state index contributed by atoms with van der Waals surface area (Å²) < 4.78 is 42.8. The van der Waals surface area contributed by atoms with Gasteiger partial charge < -0.3 is 10.8 Å². The van der Waals surface area contributed by atoms with Crippen LogP contribution in [0.4, 0.5) is 13.2 Å². The first-order chi connectivity index (χ1) is 15.3. The molecule has 0 bridgehead atoms. The van der Waals surface area contributed by atoms with Crippen LogP contribution in [0.1, 0.15) is 16.2 Å². The Bertz CT molecular complexity index is 1280. The number of aliphatic hydroxyl groups excluding tert-OH is 1. The van der Waals surface area contributed by atoms with Gasteiger partial charge in [0.1, 0.15) is 6.73 Å². The van der Waals surface area contributed by atoms with Gasteiger partial charge in [-0.1, -0.05) is 66.7 Å². The topological polar surface area (TPSA) is 94.0 Å². The van der Waals surface area contributed by atoms with Crippen molar-refractivity contribution >= 4 is 5.91 Å². The van der Waals surface area contributed by atoms with Gasteiger partial charge in [0.15, 0.2) is 5.82 Å². The molecule has 0 aliphatic heterocycles. The maximum atomic E-state index is 13.9. The lowest BCUT2D eigenvalue weighted by atomic mass is 9.87. The van der Waals surface area contributed by atoms with Crippen LogP contribution in [0, 0.1) is 0 Å². The van der Waals surface area contributed by atoms with Crippen molar-refractivity contribution in [3.8, 4) is 33.6 Å². The maximum absolute atomic E-state index is 13.9. The summed E-state index contributed by atoms with van der Waals surface area (Å²) in [5.41, 5.74) is 6.09. The number of amides is 1. The third-order valence-electron chi connectivity index (χ3n) is 4.92. The lowest BCUT2D eigenvalue weighted by molar-refractivity contribution is -0.137. The average Bonchev–Trinajstić information content (AvgIpc) is 3.23. The predicted octanol–water partition coefficient (Wildman–Crippen LogP) is 4.35. The SMILES string of the molecule is NC(=O)c1nc(-c2cccc(-c3ccccc3)c2-c2ccccc2C(F)(F)F)n(CO)n1. The van der Waals surface area contributed by atoms with E-state index in [1.54, 1.807) is 48.5 Å². The first-order valence-electron chi connectivity index (χ1n) is 9.52. The van der Waals surface area contributed by atoms with Crippen LogP contribution in [0.15, 0.2) is 72.8 Å². The number of alkyl halides is 3. The number of nitrogens with two attached hydrogens (primary N) is 1. The number of nitrogens with zero attached hydrogens (tertiary/aromatic N) is 3. The molecule has 1 aromatic heterocycles. The summed E-state index contributed by atoms with van der Waals surface area (Å²) in [6.45, 7) is -0.647. The van der Waals surface area contributed by atoms with Crippen LogP contribution in [0.5, 0.6) is 0 Å². The van der Waals surface area contributed by atoms with Crippen LogP contribution >= 0.6 is 0 Å². The zero-order valence-corrected chi connectivity index (χ0v) is 16.5. The Morgan fingerprint density at radius 1 is 0.906 bits per heavy atom. The Kier molecular flexibility index (Phi) is 5.50. The lowest BCUT2D eigenvalue weighted by Crippen LogP contribution is -2.13. The van der Waals surface area contributed by atoms with E-state index in [0.717, 1.165) is 10.7 Å². The Morgan fingerprint density at radius 3 is 2.19 bits per heavy atom. The minimum absolute atomic E-state index is 0.0195. The number of carbonyl (C=O) groups is 1. The number of halogens is 3. The normalized spacial score (nSPS) is 11.5. The zero-order chi connectivity index (χ0) is 22.9. The molecule has 3 N–H and O–H groups in total. The Labute approximate surface area is 180 Å². The first-order valence-corrected chi connectivity index (χ1v) is 9.52. The molecule has 0 radical (unpaired) electrons. The monoisotopic (exact) mass is 438 g/mol. The number of carbonyl (C=O) groups excluding carboxylic acids is 1. The number of aromatic nitrogens is 3. The molecule has 0 aliphatic carbocycles. The van der Waals surface area contributed by atoms with Crippen molar-refractivity contribution in [3.05, 3.63) is 84.2 Å². The van der Waals surface area contributed by atoms with Gasteiger partial charge in [-0.3, -0.25) is 4.79 Å². The fraction of sp³-hybridized carbons (Fsp3) is 0.0870. The standard InChI is InChI=1S/C23H17F3N4O2/c24-23(25,26)18-12-5-4-9-16(18)19-15(14-7-2-1-3-8-14)10-6-11-17(19)22-28-21(20(27)32)29-30(22)13-31/h1-12,31H,13H2,(H2,27,32). The second-order valence-electron chi connectivity index (χ2n) is 6.90. The van der Waals surface area contributed by atoms with E-state index < -0.39 is 24.4 Å². The summed E-state index contributed by atoms with van der Waals surface area (Å²) in [7, 11) is 0. The second kappa shape index (κ2) is 8.27. The van der Waals surface area contributed by atoms with Crippen molar-refractivity contribution in [1.82, 2.24) is 14.8 Å². The van der Waals surface area contributed by atoms with E-state index in [0.29, 0.717) is 11.1 Å². The van der Waals surface area contributed by atoms with Gasteiger partial charge in [0.05, 0.1) is 5.56 Å². The van der Waals surface area contributed by atoms with Crippen molar-refractivity contribution < 1.29 is 23.1 Å². The molecule has 0 saturated heterocycles. The molecular formula is C23H17F3N4O2. The molecule has 162 valence electrons. The summed E-state index contributed by atoms with van der Waals surface area (Å²) >= 11 is 0. The number of hydrogen-bond acceptors (Lipinski definition) is 4. The predicted molar refractivity (Wildman–Crippen MR) is 112 cm³/mol.